The van der Waals surface area contributed by atoms with E-state index in [1.807, 2.05) is 0 Å². The highest BCUT2D eigenvalue weighted by molar-refractivity contribution is 6.21. The van der Waals surface area contributed by atoms with Gasteiger partial charge in [-0.25, -0.2) is 0 Å². The van der Waals surface area contributed by atoms with Crippen LogP contribution in [0.4, 0.5) is 0 Å². The molecule has 3 N–H and O–H groups in total. The lowest BCUT2D eigenvalue weighted by Crippen LogP contribution is -2.19. The minimum Gasteiger partial charge on any atom is -0.330 e. The summed E-state index contributed by atoms with van der Waals surface area (Å²) >= 11 is 0. The Morgan fingerprint density at radius 3 is 2.69 bits per heavy atom. The highest BCUT2D eigenvalue weighted by Gasteiger charge is 2.26. The van der Waals surface area contributed by atoms with Crippen molar-refractivity contribution in [1.82, 2.24) is 5.32 Å². The summed E-state index contributed by atoms with van der Waals surface area (Å²) in [5.41, 5.74) is 6.84. The minimum absolute atomic E-state index is 0.346. The number of carbonyl (C=O) groups is 2. The largest absolute Gasteiger partial charge is 0.330 e. The summed E-state index contributed by atoms with van der Waals surface area (Å²) in [7, 11) is 0. The van der Waals surface area contributed by atoms with Crippen molar-refractivity contribution >= 4 is 11.8 Å². The van der Waals surface area contributed by atoms with Crippen LogP contribution in [0.1, 0.15) is 32.7 Å². The maximum absolute atomic E-state index is 11.4. The molecule has 4 heteroatoms. The molecule has 0 aliphatic carbocycles. The van der Waals surface area contributed by atoms with E-state index in [0.717, 1.165) is 5.56 Å². The lowest BCUT2D eigenvalue weighted by Gasteiger charge is -1.94. The zero-order valence-electron chi connectivity index (χ0n) is 8.54. The van der Waals surface area contributed by atoms with E-state index < -0.39 is 0 Å². The van der Waals surface area contributed by atoms with Gasteiger partial charge < -0.3 is 5.73 Å². The van der Waals surface area contributed by atoms with E-state index in [1.54, 1.807) is 18.2 Å². The van der Waals surface area contributed by atoms with E-state index in [9.17, 15) is 9.59 Å². The molecule has 2 amide bonds. The molecular formula is C12H10N2O2. The van der Waals surface area contributed by atoms with Crippen molar-refractivity contribution < 1.29 is 9.59 Å². The van der Waals surface area contributed by atoms with E-state index in [-0.39, 0.29) is 11.8 Å². The number of amides is 2. The van der Waals surface area contributed by atoms with Gasteiger partial charge in [0, 0.05) is 18.5 Å². The lowest BCUT2D eigenvalue weighted by molar-refractivity contribution is 0.0879. The second kappa shape index (κ2) is 4.17. The summed E-state index contributed by atoms with van der Waals surface area (Å²) in [6.07, 6.45) is 0.613. The number of rotatable bonds is 1. The molecule has 0 aromatic heterocycles. The number of carbonyl (C=O) groups excluding carboxylic acids is 2. The number of imide groups is 1. The zero-order chi connectivity index (χ0) is 11.5. The van der Waals surface area contributed by atoms with Crippen LogP contribution in [0.2, 0.25) is 0 Å². The third-order valence-corrected chi connectivity index (χ3v) is 2.24. The molecule has 0 unspecified atom stereocenters. The monoisotopic (exact) mass is 214 g/mol. The van der Waals surface area contributed by atoms with Gasteiger partial charge in [0.2, 0.25) is 0 Å². The van der Waals surface area contributed by atoms with Crippen LogP contribution >= 0.6 is 0 Å². The Kier molecular flexibility index (Phi) is 2.71. The Balaban J connectivity index is 2.34. The molecule has 0 saturated carbocycles. The van der Waals surface area contributed by atoms with E-state index in [1.165, 1.54) is 0 Å². The number of hydrogen-bond donors (Lipinski definition) is 2. The van der Waals surface area contributed by atoms with Crippen LogP contribution < -0.4 is 11.1 Å². The summed E-state index contributed by atoms with van der Waals surface area (Å²) < 4.78 is 0. The fourth-order valence-electron chi connectivity index (χ4n) is 1.48. The molecule has 1 aliphatic rings. The fourth-order valence-corrected chi connectivity index (χ4v) is 1.48. The van der Waals surface area contributed by atoms with E-state index in [0.29, 0.717) is 24.1 Å². The van der Waals surface area contributed by atoms with Crippen molar-refractivity contribution in [2.24, 2.45) is 5.73 Å². The van der Waals surface area contributed by atoms with Crippen LogP contribution in [0.5, 0.6) is 0 Å². The van der Waals surface area contributed by atoms with Crippen molar-refractivity contribution in [2.75, 3.05) is 6.54 Å². The molecule has 0 spiro atoms. The van der Waals surface area contributed by atoms with Crippen molar-refractivity contribution in [3.8, 4) is 11.8 Å². The van der Waals surface area contributed by atoms with Gasteiger partial charge in [-0.15, -0.1) is 0 Å². The average Bonchev–Trinajstić information content (AvgIpc) is 2.55. The number of nitrogens with two attached hydrogens (primary N) is 1. The maximum atomic E-state index is 11.4. The predicted octanol–water partition coefficient (Wildman–Crippen LogP) is 0.271. The van der Waals surface area contributed by atoms with Crippen LogP contribution in [0.3, 0.4) is 0 Å². The molecular weight excluding hydrogens is 204 g/mol. The van der Waals surface area contributed by atoms with Crippen molar-refractivity contribution in [1.29, 1.82) is 0 Å². The number of benzene rings is 1. The number of nitrogens with one attached hydrogen (secondary N) is 1. The van der Waals surface area contributed by atoms with Crippen LogP contribution in [0.15, 0.2) is 18.2 Å². The van der Waals surface area contributed by atoms with Crippen LogP contribution in [-0.2, 0) is 0 Å². The first-order valence-electron chi connectivity index (χ1n) is 4.91. The van der Waals surface area contributed by atoms with Gasteiger partial charge in [-0.1, -0.05) is 11.8 Å². The standard InChI is InChI=1S/C12H10N2O2/c13-6-2-1-3-8-4-5-9-10(7-8)12(16)14-11(9)15/h4-5,7H,2,6,13H2,(H,14,15,16). The zero-order valence-corrected chi connectivity index (χ0v) is 8.54. The third-order valence-electron chi connectivity index (χ3n) is 2.24. The van der Waals surface area contributed by atoms with Gasteiger partial charge in [-0.05, 0) is 18.2 Å². The van der Waals surface area contributed by atoms with Crippen LogP contribution in [0, 0.1) is 11.8 Å². The van der Waals surface area contributed by atoms with Crippen LogP contribution in [-0.4, -0.2) is 18.4 Å². The summed E-state index contributed by atoms with van der Waals surface area (Å²) in [6, 6.07) is 4.96. The second-order valence-electron chi connectivity index (χ2n) is 3.38. The summed E-state index contributed by atoms with van der Waals surface area (Å²) in [5, 5.41) is 2.23. The smallest absolute Gasteiger partial charge is 0.258 e. The highest BCUT2D eigenvalue weighted by Crippen LogP contribution is 2.16. The second-order valence-corrected chi connectivity index (χ2v) is 3.38. The molecule has 80 valence electrons. The van der Waals surface area contributed by atoms with Gasteiger partial charge in [0.15, 0.2) is 0 Å². The molecule has 16 heavy (non-hydrogen) atoms. The summed E-state index contributed by atoms with van der Waals surface area (Å²) in [5.74, 6) is 5.06. The Hall–Kier alpha value is -2.12. The number of fused-ring (bicyclic) bond motifs is 1. The van der Waals surface area contributed by atoms with Crippen molar-refractivity contribution in [2.45, 2.75) is 6.42 Å². The minimum atomic E-state index is -0.359. The normalized spacial score (nSPS) is 12.8. The van der Waals surface area contributed by atoms with E-state index in [2.05, 4.69) is 17.2 Å². The van der Waals surface area contributed by atoms with E-state index in [4.69, 9.17) is 5.73 Å². The van der Waals surface area contributed by atoms with Gasteiger partial charge in [0.05, 0.1) is 11.1 Å². The van der Waals surface area contributed by atoms with Gasteiger partial charge >= 0.3 is 0 Å². The molecule has 1 heterocycles. The molecule has 1 aromatic rings. The quantitative estimate of drug-likeness (QED) is 0.520. The summed E-state index contributed by atoms with van der Waals surface area (Å²) in [6.45, 7) is 0.511. The molecule has 0 bridgehead atoms. The maximum Gasteiger partial charge on any atom is 0.258 e. The first kappa shape index (κ1) is 10.4. The topological polar surface area (TPSA) is 72.2 Å². The molecule has 1 aromatic carbocycles. The van der Waals surface area contributed by atoms with Crippen molar-refractivity contribution in [3.63, 3.8) is 0 Å². The lowest BCUT2D eigenvalue weighted by atomic mass is 10.1. The van der Waals surface area contributed by atoms with Crippen LogP contribution in [0.25, 0.3) is 0 Å². The Labute approximate surface area is 92.8 Å². The fraction of sp³-hybridized carbons (Fsp3) is 0.167. The third kappa shape index (κ3) is 1.81. The van der Waals surface area contributed by atoms with Gasteiger partial charge in [0.1, 0.15) is 0 Å². The molecule has 1 aliphatic heterocycles. The van der Waals surface area contributed by atoms with Gasteiger partial charge in [-0.3, -0.25) is 14.9 Å². The predicted molar refractivity (Wildman–Crippen MR) is 58.8 cm³/mol. The first-order chi connectivity index (χ1) is 7.72. The molecule has 2 rings (SSSR count). The Morgan fingerprint density at radius 2 is 1.94 bits per heavy atom. The van der Waals surface area contributed by atoms with Crippen molar-refractivity contribution in [3.05, 3.63) is 34.9 Å². The molecule has 0 atom stereocenters. The highest BCUT2D eigenvalue weighted by atomic mass is 16.2. The Bertz CT molecular complexity index is 524. The van der Waals surface area contributed by atoms with Gasteiger partial charge in [-0.2, -0.15) is 0 Å². The van der Waals surface area contributed by atoms with E-state index >= 15 is 0 Å². The molecule has 0 fully saturated rings. The SMILES string of the molecule is NCCC#Cc1ccc2c(c1)C(=O)NC2=O. The molecule has 4 nitrogen and oxygen atoms in total. The first-order valence-corrected chi connectivity index (χ1v) is 4.91. The number of hydrogen-bond acceptors (Lipinski definition) is 3. The summed E-state index contributed by atoms with van der Waals surface area (Å²) in [4.78, 5) is 22.6. The van der Waals surface area contributed by atoms with Gasteiger partial charge in [0.25, 0.3) is 11.8 Å². The Morgan fingerprint density at radius 1 is 1.19 bits per heavy atom. The molecule has 0 saturated heterocycles. The average molecular weight is 214 g/mol. The molecule has 0 radical (unpaired) electrons.